The summed E-state index contributed by atoms with van der Waals surface area (Å²) in [5.74, 6) is 0. The molecule has 1 unspecified atom stereocenters. The standard InChI is InChI=1S/C22H29N3O/c26-15-8-21-17-24(13-14-25(21)16-19-4-2-1-3-5-19)18-22(9-10-22)20-6-11-23-12-7-20/h1-7,11-12,21,26H,8-10,13-18H2. The zero-order valence-corrected chi connectivity index (χ0v) is 15.4. The molecule has 2 aromatic rings. The van der Waals surface area contributed by atoms with Crippen LogP contribution in [-0.2, 0) is 12.0 Å². The molecular formula is C22H29N3O. The first-order valence-corrected chi connectivity index (χ1v) is 9.81. The maximum atomic E-state index is 9.56. The Bertz CT molecular complexity index is 687. The van der Waals surface area contributed by atoms with Crippen molar-refractivity contribution < 1.29 is 5.11 Å². The Morgan fingerprint density at radius 1 is 1.04 bits per heavy atom. The molecule has 2 fully saturated rings. The molecule has 26 heavy (non-hydrogen) atoms. The highest BCUT2D eigenvalue weighted by Crippen LogP contribution is 2.48. The monoisotopic (exact) mass is 351 g/mol. The number of rotatable bonds is 7. The zero-order chi connectivity index (χ0) is 17.8. The molecule has 1 atom stereocenters. The van der Waals surface area contributed by atoms with E-state index in [1.165, 1.54) is 24.0 Å². The van der Waals surface area contributed by atoms with Gasteiger partial charge >= 0.3 is 0 Å². The predicted octanol–water partition coefficient (Wildman–Crippen LogP) is 2.68. The topological polar surface area (TPSA) is 39.6 Å². The summed E-state index contributed by atoms with van der Waals surface area (Å²) >= 11 is 0. The van der Waals surface area contributed by atoms with E-state index in [1.54, 1.807) is 0 Å². The maximum absolute atomic E-state index is 9.56. The van der Waals surface area contributed by atoms with Crippen LogP contribution < -0.4 is 0 Å². The van der Waals surface area contributed by atoms with Crippen LogP contribution in [-0.4, -0.2) is 58.7 Å². The molecule has 2 heterocycles. The van der Waals surface area contributed by atoms with E-state index >= 15 is 0 Å². The average Bonchev–Trinajstić information content (AvgIpc) is 3.46. The number of hydrogen-bond donors (Lipinski definition) is 1. The minimum Gasteiger partial charge on any atom is -0.396 e. The zero-order valence-electron chi connectivity index (χ0n) is 15.4. The minimum atomic E-state index is 0.263. The third kappa shape index (κ3) is 3.98. The van der Waals surface area contributed by atoms with E-state index in [0.29, 0.717) is 11.5 Å². The van der Waals surface area contributed by atoms with Gasteiger partial charge in [-0.3, -0.25) is 14.8 Å². The van der Waals surface area contributed by atoms with Gasteiger partial charge < -0.3 is 5.11 Å². The number of nitrogens with zero attached hydrogens (tertiary/aromatic N) is 3. The van der Waals surface area contributed by atoms with Gasteiger partial charge in [0.25, 0.3) is 0 Å². The van der Waals surface area contributed by atoms with Crippen molar-refractivity contribution in [3.63, 3.8) is 0 Å². The Morgan fingerprint density at radius 2 is 1.81 bits per heavy atom. The lowest BCUT2D eigenvalue weighted by Gasteiger charge is -2.42. The first-order chi connectivity index (χ1) is 12.8. The molecule has 2 aliphatic rings. The van der Waals surface area contributed by atoms with Crippen LogP contribution >= 0.6 is 0 Å². The van der Waals surface area contributed by atoms with Gasteiger partial charge in [0.15, 0.2) is 0 Å². The van der Waals surface area contributed by atoms with Crippen LogP contribution in [0.1, 0.15) is 30.4 Å². The van der Waals surface area contributed by atoms with Crippen molar-refractivity contribution in [2.24, 2.45) is 0 Å². The molecule has 1 saturated carbocycles. The highest BCUT2D eigenvalue weighted by atomic mass is 16.3. The van der Waals surface area contributed by atoms with E-state index < -0.39 is 0 Å². The Labute approximate surface area is 156 Å². The highest BCUT2D eigenvalue weighted by molar-refractivity contribution is 5.30. The molecule has 0 radical (unpaired) electrons. The molecule has 0 amide bonds. The summed E-state index contributed by atoms with van der Waals surface area (Å²) in [6.45, 7) is 5.63. The number of hydrogen-bond acceptors (Lipinski definition) is 4. The van der Waals surface area contributed by atoms with Gasteiger partial charge in [0.1, 0.15) is 0 Å². The van der Waals surface area contributed by atoms with Gasteiger partial charge in [-0.1, -0.05) is 30.3 Å². The van der Waals surface area contributed by atoms with E-state index in [-0.39, 0.29) is 6.61 Å². The molecule has 1 aromatic heterocycles. The number of aliphatic hydroxyl groups is 1. The molecule has 4 heteroatoms. The normalized spacial score (nSPS) is 23.0. The van der Waals surface area contributed by atoms with Crippen molar-refractivity contribution in [2.45, 2.75) is 37.3 Å². The third-order valence-electron chi connectivity index (χ3n) is 6.05. The van der Waals surface area contributed by atoms with Crippen molar-refractivity contribution in [1.29, 1.82) is 0 Å². The number of pyridine rings is 1. The Kier molecular flexibility index (Phi) is 5.34. The largest absolute Gasteiger partial charge is 0.396 e. The first kappa shape index (κ1) is 17.7. The van der Waals surface area contributed by atoms with Gasteiger partial charge in [-0.05, 0) is 42.5 Å². The first-order valence-electron chi connectivity index (χ1n) is 9.81. The van der Waals surface area contributed by atoms with E-state index in [4.69, 9.17) is 0 Å². The Morgan fingerprint density at radius 3 is 2.50 bits per heavy atom. The average molecular weight is 351 g/mol. The molecule has 1 aliphatic carbocycles. The molecule has 1 aliphatic heterocycles. The molecule has 1 aromatic carbocycles. The van der Waals surface area contributed by atoms with Crippen LogP contribution in [0.2, 0.25) is 0 Å². The fourth-order valence-corrected chi connectivity index (χ4v) is 4.37. The second-order valence-electron chi connectivity index (χ2n) is 7.87. The molecule has 0 spiro atoms. The van der Waals surface area contributed by atoms with Crippen LogP contribution in [0.4, 0.5) is 0 Å². The summed E-state index contributed by atoms with van der Waals surface area (Å²) in [4.78, 5) is 9.34. The van der Waals surface area contributed by atoms with E-state index in [1.807, 2.05) is 12.4 Å². The third-order valence-corrected chi connectivity index (χ3v) is 6.05. The summed E-state index contributed by atoms with van der Waals surface area (Å²) < 4.78 is 0. The number of piperazine rings is 1. The summed E-state index contributed by atoms with van der Waals surface area (Å²) in [5.41, 5.74) is 3.14. The van der Waals surface area contributed by atoms with Crippen molar-refractivity contribution in [3.8, 4) is 0 Å². The fourth-order valence-electron chi connectivity index (χ4n) is 4.37. The molecule has 4 rings (SSSR count). The van der Waals surface area contributed by atoms with Crippen molar-refractivity contribution in [3.05, 3.63) is 66.0 Å². The quantitative estimate of drug-likeness (QED) is 0.833. The van der Waals surface area contributed by atoms with E-state index in [0.717, 1.165) is 39.1 Å². The van der Waals surface area contributed by atoms with Gasteiger partial charge in [0.05, 0.1) is 0 Å². The van der Waals surface area contributed by atoms with E-state index in [9.17, 15) is 5.11 Å². The van der Waals surface area contributed by atoms with Crippen LogP contribution in [0.3, 0.4) is 0 Å². The van der Waals surface area contributed by atoms with E-state index in [2.05, 4.69) is 57.2 Å². The minimum absolute atomic E-state index is 0.263. The Hall–Kier alpha value is -1.75. The molecular weight excluding hydrogens is 322 g/mol. The smallest absolute Gasteiger partial charge is 0.0446 e. The lowest BCUT2D eigenvalue weighted by molar-refractivity contribution is 0.0491. The predicted molar refractivity (Wildman–Crippen MR) is 104 cm³/mol. The summed E-state index contributed by atoms with van der Waals surface area (Å²) in [6, 6.07) is 15.5. The van der Waals surface area contributed by atoms with Gasteiger partial charge in [-0.25, -0.2) is 0 Å². The maximum Gasteiger partial charge on any atom is 0.0446 e. The molecule has 4 nitrogen and oxygen atoms in total. The number of aliphatic hydroxyl groups excluding tert-OH is 1. The van der Waals surface area contributed by atoms with Gasteiger partial charge in [0, 0.05) is 63.2 Å². The lowest BCUT2D eigenvalue weighted by Crippen LogP contribution is -2.54. The van der Waals surface area contributed by atoms with Gasteiger partial charge in [-0.15, -0.1) is 0 Å². The molecule has 1 saturated heterocycles. The second kappa shape index (κ2) is 7.87. The number of benzene rings is 1. The van der Waals surface area contributed by atoms with Crippen molar-refractivity contribution >= 4 is 0 Å². The fraction of sp³-hybridized carbons (Fsp3) is 0.500. The van der Waals surface area contributed by atoms with Crippen LogP contribution in [0.5, 0.6) is 0 Å². The van der Waals surface area contributed by atoms with Gasteiger partial charge in [-0.2, -0.15) is 0 Å². The highest BCUT2D eigenvalue weighted by Gasteiger charge is 2.46. The molecule has 138 valence electrons. The SMILES string of the molecule is OCCC1CN(CC2(c3ccncc3)CC2)CCN1Cc1ccccc1. The summed E-state index contributed by atoms with van der Waals surface area (Å²) in [5, 5.41) is 9.56. The van der Waals surface area contributed by atoms with Crippen LogP contribution in [0, 0.1) is 0 Å². The van der Waals surface area contributed by atoms with Crippen molar-refractivity contribution in [1.82, 2.24) is 14.8 Å². The molecule has 0 bridgehead atoms. The van der Waals surface area contributed by atoms with Crippen LogP contribution in [0.25, 0.3) is 0 Å². The lowest BCUT2D eigenvalue weighted by atomic mass is 9.95. The Balaban J connectivity index is 1.40. The molecule has 1 N–H and O–H groups in total. The second-order valence-corrected chi connectivity index (χ2v) is 7.87. The summed E-state index contributed by atoms with van der Waals surface area (Å²) in [6.07, 6.45) is 7.26. The van der Waals surface area contributed by atoms with Gasteiger partial charge in [0.2, 0.25) is 0 Å². The summed E-state index contributed by atoms with van der Waals surface area (Å²) in [7, 11) is 0. The van der Waals surface area contributed by atoms with Crippen LogP contribution in [0.15, 0.2) is 54.9 Å². The van der Waals surface area contributed by atoms with Crippen molar-refractivity contribution in [2.75, 3.05) is 32.8 Å². The number of aromatic nitrogens is 1.